The summed E-state index contributed by atoms with van der Waals surface area (Å²) in [6.45, 7) is 1.21. The molecule has 1 atom stereocenters. The van der Waals surface area contributed by atoms with Crippen LogP contribution in [0.5, 0.6) is 11.5 Å². The van der Waals surface area contributed by atoms with E-state index >= 15 is 0 Å². The minimum Gasteiger partial charge on any atom is -0.496 e. The number of amides is 1. The van der Waals surface area contributed by atoms with E-state index < -0.39 is 0 Å². The van der Waals surface area contributed by atoms with Gasteiger partial charge >= 0.3 is 0 Å². The molecule has 0 aliphatic carbocycles. The van der Waals surface area contributed by atoms with Gasteiger partial charge in [-0.3, -0.25) is 4.79 Å². The quantitative estimate of drug-likeness (QED) is 0.668. The molecule has 1 saturated heterocycles. The highest BCUT2D eigenvalue weighted by atomic mass is 16.5. The van der Waals surface area contributed by atoms with Gasteiger partial charge in [0.15, 0.2) is 0 Å². The number of anilines is 1. The number of carbonyl (C=O) groups is 1. The molecule has 0 saturated carbocycles. The van der Waals surface area contributed by atoms with Gasteiger partial charge in [0.1, 0.15) is 23.2 Å². The zero-order valence-electron chi connectivity index (χ0n) is 17.3. The number of nitrogen functional groups attached to an aromatic ring is 1. The third-order valence-corrected chi connectivity index (χ3v) is 5.06. The number of benzene rings is 1. The number of morpholine rings is 1. The van der Waals surface area contributed by atoms with Crippen LogP contribution in [0.15, 0.2) is 48.8 Å². The molecule has 1 aromatic carbocycles. The summed E-state index contributed by atoms with van der Waals surface area (Å²) in [5, 5.41) is 0. The number of carbonyl (C=O) groups excluding carboxylic acids is 1. The molecule has 1 aliphatic heterocycles. The van der Waals surface area contributed by atoms with Crippen molar-refractivity contribution in [3.05, 3.63) is 60.0 Å². The van der Waals surface area contributed by atoms with Crippen molar-refractivity contribution in [2.45, 2.75) is 6.10 Å². The Hall–Kier alpha value is -3.72. The van der Waals surface area contributed by atoms with Crippen LogP contribution >= 0.6 is 0 Å². The van der Waals surface area contributed by atoms with Gasteiger partial charge in [-0.15, -0.1) is 0 Å². The van der Waals surface area contributed by atoms with E-state index in [1.165, 1.54) is 14.2 Å². The van der Waals surface area contributed by atoms with Crippen molar-refractivity contribution in [3.63, 3.8) is 0 Å². The number of ether oxygens (including phenoxy) is 3. The first-order valence-corrected chi connectivity index (χ1v) is 9.77. The monoisotopic (exact) mass is 421 g/mol. The summed E-state index contributed by atoms with van der Waals surface area (Å²) in [5.74, 6) is 0.967. The third-order valence-electron chi connectivity index (χ3n) is 5.06. The van der Waals surface area contributed by atoms with E-state index in [0.29, 0.717) is 42.5 Å². The Morgan fingerprint density at radius 3 is 2.45 bits per heavy atom. The lowest BCUT2D eigenvalue weighted by atomic mass is 10.1. The fourth-order valence-electron chi connectivity index (χ4n) is 3.49. The van der Waals surface area contributed by atoms with Crippen LogP contribution in [0, 0.1) is 0 Å². The van der Waals surface area contributed by atoms with E-state index in [9.17, 15) is 4.79 Å². The summed E-state index contributed by atoms with van der Waals surface area (Å²) >= 11 is 0. The van der Waals surface area contributed by atoms with E-state index in [0.717, 1.165) is 11.3 Å². The fourth-order valence-corrected chi connectivity index (χ4v) is 3.49. The number of methoxy groups -OCH3 is 2. The highest BCUT2D eigenvalue weighted by Gasteiger charge is 2.30. The first-order valence-electron chi connectivity index (χ1n) is 9.77. The van der Waals surface area contributed by atoms with E-state index in [4.69, 9.17) is 24.9 Å². The Balaban J connectivity index is 1.58. The van der Waals surface area contributed by atoms with E-state index in [2.05, 4.69) is 9.97 Å². The minimum atomic E-state index is -0.368. The Kier molecular flexibility index (Phi) is 5.94. The van der Waals surface area contributed by atoms with Crippen LogP contribution in [-0.2, 0) is 4.74 Å². The average molecular weight is 421 g/mol. The number of pyridine rings is 1. The van der Waals surface area contributed by atoms with Crippen LogP contribution < -0.4 is 15.2 Å². The van der Waals surface area contributed by atoms with Crippen LogP contribution in [0.2, 0.25) is 0 Å². The average Bonchev–Trinajstić information content (AvgIpc) is 2.83. The molecule has 0 unspecified atom stereocenters. The van der Waals surface area contributed by atoms with Gasteiger partial charge < -0.3 is 24.8 Å². The maximum absolute atomic E-state index is 13.3. The van der Waals surface area contributed by atoms with Gasteiger partial charge in [0.2, 0.25) is 5.95 Å². The predicted molar refractivity (Wildman–Crippen MR) is 114 cm³/mol. The molecule has 1 amide bonds. The zero-order valence-corrected chi connectivity index (χ0v) is 17.3. The first-order chi connectivity index (χ1) is 15.1. The Morgan fingerprint density at radius 1 is 1.10 bits per heavy atom. The molecule has 0 spiro atoms. The predicted octanol–water partition coefficient (Wildman–Crippen LogP) is 2.35. The van der Waals surface area contributed by atoms with Gasteiger partial charge in [-0.2, -0.15) is 0 Å². The van der Waals surface area contributed by atoms with Crippen LogP contribution in [0.3, 0.4) is 0 Å². The van der Waals surface area contributed by atoms with Crippen LogP contribution in [0.4, 0.5) is 5.95 Å². The summed E-state index contributed by atoms with van der Waals surface area (Å²) in [6.07, 6.45) is 2.88. The lowest BCUT2D eigenvalue weighted by Crippen LogP contribution is -2.42. The Labute approximate surface area is 179 Å². The highest BCUT2D eigenvalue weighted by Crippen LogP contribution is 2.31. The van der Waals surface area contributed by atoms with Gasteiger partial charge in [0.25, 0.3) is 5.91 Å². The van der Waals surface area contributed by atoms with Crippen molar-refractivity contribution >= 4 is 11.9 Å². The highest BCUT2D eigenvalue weighted by molar-refractivity contribution is 5.99. The van der Waals surface area contributed by atoms with E-state index in [-0.39, 0.29) is 18.0 Å². The fraction of sp³-hybridized carbons (Fsp3) is 0.273. The van der Waals surface area contributed by atoms with Crippen LogP contribution in [0.25, 0.3) is 11.3 Å². The molecular formula is C22H23N5O4. The molecule has 1 aliphatic rings. The molecule has 2 aromatic heterocycles. The molecule has 2 N–H and O–H groups in total. The summed E-state index contributed by atoms with van der Waals surface area (Å²) < 4.78 is 16.7. The van der Waals surface area contributed by atoms with Crippen molar-refractivity contribution in [3.8, 4) is 22.8 Å². The summed E-state index contributed by atoms with van der Waals surface area (Å²) in [4.78, 5) is 27.8. The van der Waals surface area contributed by atoms with Crippen molar-refractivity contribution in [2.24, 2.45) is 0 Å². The minimum absolute atomic E-state index is 0.175. The van der Waals surface area contributed by atoms with E-state index in [1.807, 2.05) is 18.2 Å². The van der Waals surface area contributed by atoms with Gasteiger partial charge in [0, 0.05) is 24.5 Å². The number of rotatable bonds is 5. The number of aromatic nitrogens is 3. The second kappa shape index (κ2) is 8.97. The third kappa shape index (κ3) is 4.26. The lowest BCUT2D eigenvalue weighted by Gasteiger charge is -2.33. The van der Waals surface area contributed by atoms with E-state index in [1.54, 1.807) is 35.5 Å². The number of nitrogens with zero attached hydrogens (tertiary/aromatic N) is 4. The van der Waals surface area contributed by atoms with Crippen molar-refractivity contribution < 1.29 is 19.0 Å². The largest absolute Gasteiger partial charge is 0.496 e. The molecule has 4 rings (SSSR count). The van der Waals surface area contributed by atoms with Gasteiger partial charge in [0.05, 0.1) is 38.8 Å². The number of hydrogen-bond donors (Lipinski definition) is 1. The molecule has 160 valence electrons. The summed E-state index contributed by atoms with van der Waals surface area (Å²) in [7, 11) is 3.06. The van der Waals surface area contributed by atoms with Crippen LogP contribution in [0.1, 0.15) is 22.2 Å². The van der Waals surface area contributed by atoms with Crippen molar-refractivity contribution in [1.29, 1.82) is 0 Å². The first kappa shape index (κ1) is 20.5. The lowest BCUT2D eigenvalue weighted by molar-refractivity contribution is -0.0248. The number of hydrogen-bond acceptors (Lipinski definition) is 8. The normalized spacial score (nSPS) is 16.1. The zero-order chi connectivity index (χ0) is 21.8. The molecule has 3 aromatic rings. The van der Waals surface area contributed by atoms with Crippen molar-refractivity contribution in [1.82, 2.24) is 19.9 Å². The van der Waals surface area contributed by atoms with Crippen molar-refractivity contribution in [2.75, 3.05) is 39.6 Å². The SMILES string of the molecule is COc1cccc(OC)c1C(=O)N1CCO[C@@H](c2cccc(-c3cnc(N)nc3)n2)C1. The second-order valence-electron chi connectivity index (χ2n) is 6.93. The molecule has 31 heavy (non-hydrogen) atoms. The molecule has 3 heterocycles. The smallest absolute Gasteiger partial charge is 0.261 e. The standard InChI is InChI=1S/C22H23N5O4/c1-29-17-7-4-8-18(30-2)20(17)21(28)27-9-10-31-19(13-27)16-6-3-5-15(26-16)14-11-24-22(23)25-12-14/h3-8,11-12,19H,9-10,13H2,1-2H3,(H2,23,24,25)/t19-/m1/s1. The maximum Gasteiger partial charge on any atom is 0.261 e. The molecular weight excluding hydrogens is 398 g/mol. The Morgan fingerprint density at radius 2 is 1.77 bits per heavy atom. The topological polar surface area (TPSA) is 113 Å². The van der Waals surface area contributed by atoms with Gasteiger partial charge in [-0.25, -0.2) is 15.0 Å². The molecule has 0 radical (unpaired) electrons. The van der Waals surface area contributed by atoms with Gasteiger partial charge in [-0.1, -0.05) is 12.1 Å². The van der Waals surface area contributed by atoms with Crippen LogP contribution in [-0.4, -0.2) is 59.7 Å². The molecule has 9 heteroatoms. The van der Waals surface area contributed by atoms with Gasteiger partial charge in [-0.05, 0) is 24.3 Å². The molecule has 9 nitrogen and oxygen atoms in total. The Bertz CT molecular complexity index is 1050. The molecule has 1 fully saturated rings. The maximum atomic E-state index is 13.3. The molecule has 0 bridgehead atoms. The summed E-state index contributed by atoms with van der Waals surface area (Å²) in [6, 6.07) is 10.9. The number of nitrogens with two attached hydrogens (primary N) is 1. The second-order valence-corrected chi connectivity index (χ2v) is 6.93. The summed E-state index contributed by atoms with van der Waals surface area (Å²) in [5.41, 5.74) is 8.14.